The molecule has 1 aromatic heterocycles. The lowest BCUT2D eigenvalue weighted by Gasteiger charge is -2.31. The van der Waals surface area contributed by atoms with Crippen LogP contribution in [0.3, 0.4) is 0 Å². The van der Waals surface area contributed by atoms with Crippen LogP contribution in [-0.2, 0) is 17.9 Å². The fraction of sp³-hybridized carbons (Fsp3) is 0.364. The zero-order valence-electron chi connectivity index (χ0n) is 15.5. The first-order valence-electron chi connectivity index (χ1n) is 9.69. The topological polar surface area (TPSA) is 72.9 Å². The predicted octanol–water partition coefficient (Wildman–Crippen LogP) is 3.36. The first-order chi connectivity index (χ1) is 13.1. The number of fused-ring (bicyclic) bond motifs is 1. The second-order valence-corrected chi connectivity index (χ2v) is 7.58. The standard InChI is InChI=1S/C22H26N4O/c23-22(11-4-1-5-12-22)21(27)24-14-17-7-6-8-18(13-17)15-26-16-25-19-9-2-3-10-20(19)26/h2-3,6-10,13,16H,1,4-5,11-12,14-15,23H2,(H,24,27). The number of hydrogen-bond acceptors (Lipinski definition) is 3. The van der Waals surface area contributed by atoms with Gasteiger partial charge in [-0.1, -0.05) is 55.7 Å². The van der Waals surface area contributed by atoms with Crippen LogP contribution in [-0.4, -0.2) is 21.0 Å². The Morgan fingerprint density at radius 1 is 1.07 bits per heavy atom. The maximum Gasteiger partial charge on any atom is 0.240 e. The summed E-state index contributed by atoms with van der Waals surface area (Å²) in [5.74, 6) is -0.0202. The number of carbonyl (C=O) groups excluding carboxylic acids is 1. The third-order valence-electron chi connectivity index (χ3n) is 5.52. The predicted molar refractivity (Wildman–Crippen MR) is 107 cm³/mol. The van der Waals surface area contributed by atoms with Gasteiger partial charge in [-0.2, -0.15) is 0 Å². The van der Waals surface area contributed by atoms with Gasteiger partial charge in [0.1, 0.15) is 0 Å². The molecule has 1 aliphatic carbocycles. The molecule has 0 bridgehead atoms. The quantitative estimate of drug-likeness (QED) is 0.731. The molecule has 1 saturated carbocycles. The molecule has 0 saturated heterocycles. The zero-order chi connectivity index (χ0) is 18.7. The maximum atomic E-state index is 12.5. The van der Waals surface area contributed by atoms with Crippen molar-refractivity contribution in [2.75, 3.05) is 0 Å². The van der Waals surface area contributed by atoms with Crippen LogP contribution >= 0.6 is 0 Å². The summed E-state index contributed by atoms with van der Waals surface area (Å²) in [6.45, 7) is 1.26. The highest BCUT2D eigenvalue weighted by Crippen LogP contribution is 2.26. The Balaban J connectivity index is 1.42. The second kappa shape index (κ2) is 7.53. The third-order valence-corrected chi connectivity index (χ3v) is 5.52. The lowest BCUT2D eigenvalue weighted by molar-refractivity contribution is -0.127. The normalized spacial score (nSPS) is 16.3. The van der Waals surface area contributed by atoms with Crippen LogP contribution in [0.4, 0.5) is 0 Å². The molecule has 0 atom stereocenters. The molecule has 0 spiro atoms. The number of hydrogen-bond donors (Lipinski definition) is 2. The van der Waals surface area contributed by atoms with E-state index in [1.54, 1.807) is 0 Å². The van der Waals surface area contributed by atoms with E-state index >= 15 is 0 Å². The molecule has 0 unspecified atom stereocenters. The number of rotatable bonds is 5. The summed E-state index contributed by atoms with van der Waals surface area (Å²) >= 11 is 0. The van der Waals surface area contributed by atoms with E-state index in [-0.39, 0.29) is 5.91 Å². The summed E-state index contributed by atoms with van der Waals surface area (Å²) < 4.78 is 2.14. The van der Waals surface area contributed by atoms with Gasteiger partial charge in [0.25, 0.3) is 0 Å². The van der Waals surface area contributed by atoms with Crippen molar-refractivity contribution in [2.24, 2.45) is 5.73 Å². The van der Waals surface area contributed by atoms with E-state index in [0.29, 0.717) is 6.54 Å². The molecule has 1 fully saturated rings. The minimum Gasteiger partial charge on any atom is -0.350 e. The molecule has 3 N–H and O–H groups in total. The van der Waals surface area contributed by atoms with Crippen molar-refractivity contribution in [3.63, 3.8) is 0 Å². The van der Waals surface area contributed by atoms with Gasteiger partial charge in [0.05, 0.1) is 22.9 Å². The molecule has 1 heterocycles. The number of nitrogens with two attached hydrogens (primary N) is 1. The van der Waals surface area contributed by atoms with Crippen molar-refractivity contribution in [2.45, 2.75) is 50.7 Å². The number of carbonyl (C=O) groups is 1. The van der Waals surface area contributed by atoms with E-state index < -0.39 is 5.54 Å². The summed E-state index contributed by atoms with van der Waals surface area (Å²) in [5.41, 5.74) is 10.0. The number of nitrogens with zero attached hydrogens (tertiary/aromatic N) is 2. The Morgan fingerprint density at radius 3 is 2.70 bits per heavy atom. The maximum absolute atomic E-state index is 12.5. The number of amides is 1. The van der Waals surface area contributed by atoms with Gasteiger partial charge in [-0.15, -0.1) is 0 Å². The first-order valence-corrected chi connectivity index (χ1v) is 9.69. The Labute approximate surface area is 159 Å². The molecule has 0 radical (unpaired) electrons. The molecule has 3 aromatic rings. The van der Waals surface area contributed by atoms with Crippen LogP contribution in [0.15, 0.2) is 54.9 Å². The smallest absolute Gasteiger partial charge is 0.240 e. The van der Waals surface area contributed by atoms with Gasteiger partial charge in [0, 0.05) is 13.1 Å². The minimum atomic E-state index is -0.689. The van der Waals surface area contributed by atoms with E-state index in [4.69, 9.17) is 5.73 Å². The van der Waals surface area contributed by atoms with Crippen molar-refractivity contribution in [1.29, 1.82) is 0 Å². The van der Waals surface area contributed by atoms with Crippen LogP contribution in [0.2, 0.25) is 0 Å². The van der Waals surface area contributed by atoms with Crippen LogP contribution in [0.1, 0.15) is 43.2 Å². The number of nitrogens with one attached hydrogen (secondary N) is 1. The molecule has 5 heteroatoms. The Bertz CT molecular complexity index is 940. The summed E-state index contributed by atoms with van der Waals surface area (Å²) in [6.07, 6.45) is 6.70. The number of imidazole rings is 1. The van der Waals surface area contributed by atoms with Crippen LogP contribution in [0.5, 0.6) is 0 Å². The first kappa shape index (κ1) is 17.7. The van der Waals surface area contributed by atoms with Gasteiger partial charge >= 0.3 is 0 Å². The highest BCUT2D eigenvalue weighted by Gasteiger charge is 2.34. The summed E-state index contributed by atoms with van der Waals surface area (Å²) in [7, 11) is 0. The van der Waals surface area contributed by atoms with Gasteiger partial charge in [-0.3, -0.25) is 4.79 Å². The van der Waals surface area contributed by atoms with E-state index in [9.17, 15) is 4.79 Å². The molecular weight excluding hydrogens is 336 g/mol. The Hall–Kier alpha value is -2.66. The zero-order valence-corrected chi connectivity index (χ0v) is 15.5. The van der Waals surface area contributed by atoms with Crippen molar-refractivity contribution < 1.29 is 4.79 Å². The number of benzene rings is 2. The molecule has 27 heavy (non-hydrogen) atoms. The molecule has 5 nitrogen and oxygen atoms in total. The molecule has 1 amide bonds. The largest absolute Gasteiger partial charge is 0.350 e. The van der Waals surface area contributed by atoms with Gasteiger partial charge in [0.2, 0.25) is 5.91 Å². The Morgan fingerprint density at radius 2 is 1.85 bits per heavy atom. The second-order valence-electron chi connectivity index (χ2n) is 7.58. The molecule has 2 aromatic carbocycles. The molecule has 4 rings (SSSR count). The molecular formula is C22H26N4O. The van der Waals surface area contributed by atoms with Crippen molar-refractivity contribution in [3.05, 3.63) is 66.0 Å². The van der Waals surface area contributed by atoms with Crippen LogP contribution in [0.25, 0.3) is 11.0 Å². The molecule has 0 aliphatic heterocycles. The average Bonchev–Trinajstić information content (AvgIpc) is 3.10. The van der Waals surface area contributed by atoms with E-state index in [2.05, 4.69) is 33.1 Å². The highest BCUT2D eigenvalue weighted by molar-refractivity contribution is 5.86. The van der Waals surface area contributed by atoms with Gasteiger partial charge in [0.15, 0.2) is 0 Å². The van der Waals surface area contributed by atoms with Crippen molar-refractivity contribution >= 4 is 16.9 Å². The summed E-state index contributed by atoms with van der Waals surface area (Å²) in [4.78, 5) is 17.0. The molecule has 140 valence electrons. The fourth-order valence-electron chi connectivity index (χ4n) is 3.94. The minimum absolute atomic E-state index is 0.0202. The summed E-state index contributed by atoms with van der Waals surface area (Å²) in [6, 6.07) is 16.4. The summed E-state index contributed by atoms with van der Waals surface area (Å²) in [5, 5.41) is 3.04. The van der Waals surface area contributed by atoms with E-state index in [1.165, 1.54) is 12.0 Å². The van der Waals surface area contributed by atoms with Crippen molar-refractivity contribution in [1.82, 2.24) is 14.9 Å². The van der Waals surface area contributed by atoms with Crippen molar-refractivity contribution in [3.8, 4) is 0 Å². The monoisotopic (exact) mass is 362 g/mol. The molecule has 1 aliphatic rings. The number of para-hydroxylation sites is 2. The van der Waals surface area contributed by atoms with Crippen LogP contribution < -0.4 is 11.1 Å². The number of aromatic nitrogens is 2. The van der Waals surface area contributed by atoms with Gasteiger partial charge in [-0.05, 0) is 36.1 Å². The lowest BCUT2D eigenvalue weighted by Crippen LogP contribution is -2.54. The van der Waals surface area contributed by atoms with Crippen LogP contribution in [0, 0.1) is 0 Å². The van der Waals surface area contributed by atoms with E-state index in [1.807, 2.05) is 36.7 Å². The Kier molecular flexibility index (Phi) is 4.94. The lowest BCUT2D eigenvalue weighted by atomic mass is 9.82. The van der Waals surface area contributed by atoms with Gasteiger partial charge < -0.3 is 15.6 Å². The van der Waals surface area contributed by atoms with E-state index in [0.717, 1.165) is 48.8 Å². The fourth-order valence-corrected chi connectivity index (χ4v) is 3.94. The SMILES string of the molecule is NC1(C(=O)NCc2cccc(Cn3cnc4ccccc43)c2)CCCCC1. The average molecular weight is 362 g/mol. The third kappa shape index (κ3) is 3.88. The van der Waals surface area contributed by atoms with Gasteiger partial charge in [-0.25, -0.2) is 4.98 Å². The highest BCUT2D eigenvalue weighted by atomic mass is 16.2.